The summed E-state index contributed by atoms with van der Waals surface area (Å²) < 4.78 is 5.49. The summed E-state index contributed by atoms with van der Waals surface area (Å²) in [7, 11) is 0. The van der Waals surface area contributed by atoms with Crippen molar-refractivity contribution in [2.75, 3.05) is 32.8 Å². The normalized spacial score (nSPS) is 27.5. The fourth-order valence-corrected chi connectivity index (χ4v) is 4.66. The SMILES string of the molecule is S=C1NC2=C(CCCC2CN2CCOCC2)C(c2ccccc2Cl)N1. The van der Waals surface area contributed by atoms with Gasteiger partial charge in [-0.15, -0.1) is 0 Å². The lowest BCUT2D eigenvalue weighted by molar-refractivity contribution is 0.0314. The third kappa shape index (κ3) is 3.70. The van der Waals surface area contributed by atoms with Gasteiger partial charge in [0.15, 0.2) is 5.11 Å². The molecule has 0 amide bonds. The summed E-state index contributed by atoms with van der Waals surface area (Å²) >= 11 is 12.0. The number of hydrogen-bond acceptors (Lipinski definition) is 3. The number of nitrogens with zero attached hydrogens (tertiary/aromatic N) is 1. The molecule has 0 saturated carbocycles. The van der Waals surface area contributed by atoms with Crippen LogP contribution in [0, 0.1) is 5.92 Å². The van der Waals surface area contributed by atoms with Crippen LogP contribution in [-0.4, -0.2) is 42.9 Å². The zero-order valence-corrected chi connectivity index (χ0v) is 15.8. The molecule has 3 aliphatic rings. The van der Waals surface area contributed by atoms with Gasteiger partial charge in [-0.1, -0.05) is 29.8 Å². The van der Waals surface area contributed by atoms with Crippen LogP contribution >= 0.6 is 23.8 Å². The molecule has 6 heteroatoms. The molecule has 2 aliphatic heterocycles. The highest BCUT2D eigenvalue weighted by molar-refractivity contribution is 7.80. The molecule has 0 radical (unpaired) electrons. The molecule has 1 aromatic rings. The molecule has 2 unspecified atom stereocenters. The molecule has 0 aromatic heterocycles. The van der Waals surface area contributed by atoms with Gasteiger partial charge in [0.25, 0.3) is 0 Å². The van der Waals surface area contributed by atoms with Crippen LogP contribution in [0.2, 0.25) is 5.02 Å². The first-order valence-corrected chi connectivity index (χ1v) is 9.86. The molecule has 1 aromatic carbocycles. The van der Waals surface area contributed by atoms with E-state index in [0.29, 0.717) is 11.0 Å². The van der Waals surface area contributed by atoms with Gasteiger partial charge in [0.05, 0.1) is 19.3 Å². The summed E-state index contributed by atoms with van der Waals surface area (Å²) in [6, 6.07) is 8.16. The quantitative estimate of drug-likeness (QED) is 0.791. The Balaban J connectivity index is 1.63. The predicted molar refractivity (Wildman–Crippen MR) is 105 cm³/mol. The Hall–Kier alpha value is -1.14. The highest BCUT2D eigenvalue weighted by Gasteiger charge is 2.34. The second kappa shape index (κ2) is 7.62. The maximum atomic E-state index is 6.48. The van der Waals surface area contributed by atoms with Crippen LogP contribution in [0.4, 0.5) is 0 Å². The summed E-state index contributed by atoms with van der Waals surface area (Å²) in [5, 5.41) is 8.42. The molecule has 1 fully saturated rings. The van der Waals surface area contributed by atoms with Crippen LogP contribution in [-0.2, 0) is 4.74 Å². The highest BCUT2D eigenvalue weighted by Crippen LogP contribution is 2.40. The van der Waals surface area contributed by atoms with E-state index in [1.807, 2.05) is 18.2 Å². The molecule has 1 saturated heterocycles. The Kier molecular flexibility index (Phi) is 5.27. The van der Waals surface area contributed by atoms with Crippen LogP contribution < -0.4 is 10.6 Å². The van der Waals surface area contributed by atoms with Gasteiger partial charge >= 0.3 is 0 Å². The van der Waals surface area contributed by atoms with Crippen molar-refractivity contribution in [2.45, 2.75) is 25.3 Å². The van der Waals surface area contributed by atoms with Crippen molar-refractivity contribution in [3.8, 4) is 0 Å². The molecule has 1 aliphatic carbocycles. The maximum Gasteiger partial charge on any atom is 0.171 e. The van der Waals surface area contributed by atoms with Crippen LogP contribution in [0.25, 0.3) is 0 Å². The first-order chi connectivity index (χ1) is 12.2. The van der Waals surface area contributed by atoms with Gasteiger partial charge in [0.2, 0.25) is 0 Å². The molecule has 25 heavy (non-hydrogen) atoms. The lowest BCUT2D eigenvalue weighted by Gasteiger charge is -2.40. The molecule has 4 nitrogen and oxygen atoms in total. The second-order valence-corrected chi connectivity index (χ2v) is 7.81. The van der Waals surface area contributed by atoms with Gasteiger partial charge in [-0.25, -0.2) is 0 Å². The molecule has 2 N–H and O–H groups in total. The van der Waals surface area contributed by atoms with Crippen molar-refractivity contribution in [1.29, 1.82) is 0 Å². The zero-order valence-electron chi connectivity index (χ0n) is 14.3. The van der Waals surface area contributed by atoms with Gasteiger partial charge in [0, 0.05) is 36.3 Å². The van der Waals surface area contributed by atoms with Crippen molar-refractivity contribution in [3.63, 3.8) is 0 Å². The topological polar surface area (TPSA) is 36.5 Å². The largest absolute Gasteiger partial charge is 0.379 e. The monoisotopic (exact) mass is 377 g/mol. The minimum absolute atomic E-state index is 0.0879. The number of hydrogen-bond donors (Lipinski definition) is 2. The average molecular weight is 378 g/mol. The number of ether oxygens (including phenoxy) is 1. The smallest absolute Gasteiger partial charge is 0.171 e. The van der Waals surface area contributed by atoms with E-state index in [2.05, 4.69) is 21.6 Å². The van der Waals surface area contributed by atoms with E-state index in [9.17, 15) is 0 Å². The molecular formula is C19H24ClN3OS. The number of halogens is 1. The fourth-order valence-electron chi connectivity index (χ4n) is 4.19. The number of thiocarbonyl (C=S) groups is 1. The Morgan fingerprint density at radius 3 is 2.84 bits per heavy atom. The van der Waals surface area contributed by atoms with Crippen molar-refractivity contribution in [2.24, 2.45) is 5.92 Å². The fraction of sp³-hybridized carbons (Fsp3) is 0.526. The van der Waals surface area contributed by atoms with Gasteiger partial charge in [-0.2, -0.15) is 0 Å². The zero-order chi connectivity index (χ0) is 17.2. The number of benzene rings is 1. The second-order valence-electron chi connectivity index (χ2n) is 6.99. The third-order valence-electron chi connectivity index (χ3n) is 5.42. The molecule has 0 bridgehead atoms. The van der Waals surface area contributed by atoms with Crippen molar-refractivity contribution in [1.82, 2.24) is 15.5 Å². The van der Waals surface area contributed by atoms with Crippen molar-refractivity contribution < 1.29 is 4.74 Å². The summed E-state index contributed by atoms with van der Waals surface area (Å²) in [6.07, 6.45) is 3.51. The molecule has 0 spiro atoms. The van der Waals surface area contributed by atoms with E-state index in [4.69, 9.17) is 28.6 Å². The molecular weight excluding hydrogens is 354 g/mol. The summed E-state index contributed by atoms with van der Waals surface area (Å²) in [6.45, 7) is 4.81. The molecule has 2 atom stereocenters. The van der Waals surface area contributed by atoms with Crippen molar-refractivity contribution in [3.05, 3.63) is 46.1 Å². The first-order valence-electron chi connectivity index (χ1n) is 9.07. The van der Waals surface area contributed by atoms with Gasteiger partial charge in [-0.3, -0.25) is 4.90 Å². The van der Waals surface area contributed by atoms with Gasteiger partial charge < -0.3 is 15.4 Å². The van der Waals surface area contributed by atoms with Gasteiger partial charge in [0.1, 0.15) is 0 Å². The Morgan fingerprint density at radius 1 is 1.24 bits per heavy atom. The Morgan fingerprint density at radius 2 is 2.04 bits per heavy atom. The van der Waals surface area contributed by atoms with Crippen LogP contribution in [0.15, 0.2) is 35.5 Å². The van der Waals surface area contributed by atoms with Crippen molar-refractivity contribution >= 4 is 28.9 Å². The summed E-state index contributed by atoms with van der Waals surface area (Å²) in [5.74, 6) is 0.506. The number of nitrogens with one attached hydrogen (secondary N) is 2. The number of rotatable bonds is 3. The predicted octanol–water partition coefficient (Wildman–Crippen LogP) is 3.25. The highest BCUT2D eigenvalue weighted by atomic mass is 35.5. The standard InChI is InChI=1S/C19H24ClN3OS/c20-16-7-2-1-5-14(16)18-15-6-3-4-13(17(15)21-19(25)22-18)12-23-8-10-24-11-9-23/h1-2,5,7,13,18H,3-4,6,8-12H2,(H2,21,22,25). The van der Waals surface area contributed by atoms with E-state index in [1.54, 1.807) is 0 Å². The van der Waals surface area contributed by atoms with E-state index >= 15 is 0 Å². The molecule has 4 rings (SSSR count). The summed E-state index contributed by atoms with van der Waals surface area (Å²) in [5.41, 5.74) is 3.87. The average Bonchev–Trinajstić information content (AvgIpc) is 2.63. The molecule has 134 valence electrons. The molecule has 2 heterocycles. The summed E-state index contributed by atoms with van der Waals surface area (Å²) in [4.78, 5) is 2.52. The van der Waals surface area contributed by atoms with Crippen LogP contribution in [0.5, 0.6) is 0 Å². The Labute approximate surface area is 159 Å². The van der Waals surface area contributed by atoms with Crippen LogP contribution in [0.1, 0.15) is 30.9 Å². The van der Waals surface area contributed by atoms with E-state index in [-0.39, 0.29) is 6.04 Å². The third-order valence-corrected chi connectivity index (χ3v) is 5.99. The lowest BCUT2D eigenvalue weighted by atomic mass is 9.80. The van der Waals surface area contributed by atoms with E-state index < -0.39 is 0 Å². The minimum atomic E-state index is 0.0879. The minimum Gasteiger partial charge on any atom is -0.379 e. The van der Waals surface area contributed by atoms with Crippen LogP contribution in [0.3, 0.4) is 0 Å². The lowest BCUT2D eigenvalue weighted by Crippen LogP contribution is -2.49. The number of morpholine rings is 1. The van der Waals surface area contributed by atoms with E-state index in [0.717, 1.165) is 49.9 Å². The Bertz CT molecular complexity index is 687. The maximum absolute atomic E-state index is 6.48. The first kappa shape index (κ1) is 17.3. The van der Waals surface area contributed by atoms with E-state index in [1.165, 1.54) is 24.1 Å². The van der Waals surface area contributed by atoms with Gasteiger partial charge in [-0.05, 0) is 48.7 Å².